The molecule has 0 aliphatic rings. The summed E-state index contributed by atoms with van der Waals surface area (Å²) in [6.07, 6.45) is 4.80. The van der Waals surface area contributed by atoms with E-state index in [2.05, 4.69) is 5.16 Å². The molecule has 1 aromatic rings. The lowest BCUT2D eigenvalue weighted by Gasteiger charge is -1.99. The first-order valence-electron chi connectivity index (χ1n) is 4.93. The molecular formula is C9H16N3O3S+. The predicted octanol–water partition coefficient (Wildman–Crippen LogP) is -0.445. The van der Waals surface area contributed by atoms with Crippen LogP contribution in [-0.4, -0.2) is 35.9 Å². The second kappa shape index (κ2) is 5.11. The van der Waals surface area contributed by atoms with Crippen molar-refractivity contribution >= 4 is 16.1 Å². The molecule has 0 bridgehead atoms. The van der Waals surface area contributed by atoms with E-state index in [9.17, 15) is 8.42 Å². The summed E-state index contributed by atoms with van der Waals surface area (Å²) in [7, 11) is -1.18. The van der Waals surface area contributed by atoms with Crippen LogP contribution in [-0.2, 0) is 23.4 Å². The number of hydrogen-bond acceptors (Lipinski definition) is 4. The minimum Gasteiger partial charge on any atom is -0.411 e. The van der Waals surface area contributed by atoms with E-state index in [1.54, 1.807) is 35.5 Å². The number of imidazole rings is 1. The van der Waals surface area contributed by atoms with Crippen LogP contribution in [0.3, 0.4) is 0 Å². The molecule has 0 amide bonds. The predicted molar refractivity (Wildman–Crippen MR) is 59.3 cm³/mol. The third-order valence-electron chi connectivity index (χ3n) is 2.38. The first-order valence-corrected chi connectivity index (χ1v) is 6.75. The Kier molecular flexibility index (Phi) is 4.05. The Bertz CT molecular complexity index is 476. The van der Waals surface area contributed by atoms with Crippen LogP contribution in [0.15, 0.2) is 17.5 Å². The first-order chi connectivity index (χ1) is 7.50. The highest BCUT2D eigenvalue weighted by Gasteiger charge is 2.15. The zero-order valence-corrected chi connectivity index (χ0v) is 10.2. The van der Waals surface area contributed by atoms with E-state index in [0.29, 0.717) is 12.4 Å². The van der Waals surface area contributed by atoms with Gasteiger partial charge in [-0.15, -0.1) is 0 Å². The lowest BCUT2D eigenvalue weighted by molar-refractivity contribution is -0.671. The second-order valence-corrected chi connectivity index (χ2v) is 5.91. The van der Waals surface area contributed by atoms with Crippen LogP contribution in [0.25, 0.3) is 0 Å². The van der Waals surface area contributed by atoms with Gasteiger partial charge in [0.15, 0.2) is 16.1 Å². The summed E-state index contributed by atoms with van der Waals surface area (Å²) >= 11 is 0. The minimum absolute atomic E-state index is 0.0877. The summed E-state index contributed by atoms with van der Waals surface area (Å²) in [5.41, 5.74) is 0. The monoisotopic (exact) mass is 246 g/mol. The van der Waals surface area contributed by atoms with E-state index in [0.717, 1.165) is 0 Å². The highest BCUT2D eigenvalue weighted by Crippen LogP contribution is 1.96. The summed E-state index contributed by atoms with van der Waals surface area (Å²) in [4.78, 5) is 0. The summed E-state index contributed by atoms with van der Waals surface area (Å²) in [6, 6.07) is 0. The van der Waals surface area contributed by atoms with Crippen LogP contribution >= 0.6 is 0 Å². The molecule has 1 heterocycles. The number of aryl methyl sites for hydroxylation is 2. The Morgan fingerprint density at radius 2 is 2.31 bits per heavy atom. The highest BCUT2D eigenvalue weighted by molar-refractivity contribution is 7.91. The van der Waals surface area contributed by atoms with Gasteiger partial charge >= 0.3 is 5.82 Å². The molecule has 0 radical (unpaired) electrons. The molecule has 0 fully saturated rings. The van der Waals surface area contributed by atoms with Gasteiger partial charge in [0, 0.05) is 5.75 Å². The van der Waals surface area contributed by atoms with E-state index >= 15 is 0 Å². The molecule has 0 aliphatic carbocycles. The zero-order valence-electron chi connectivity index (χ0n) is 9.37. The molecule has 7 heteroatoms. The Hall–Kier alpha value is -1.37. The van der Waals surface area contributed by atoms with Gasteiger partial charge in [-0.3, -0.25) is 0 Å². The molecule has 0 saturated carbocycles. The lowest BCUT2D eigenvalue weighted by atomic mass is 10.6. The Balaban J connectivity index is 2.82. The fourth-order valence-electron chi connectivity index (χ4n) is 1.32. The fraction of sp³-hybridized carbons (Fsp3) is 0.556. The molecule has 0 unspecified atom stereocenters. The van der Waals surface area contributed by atoms with Gasteiger partial charge in [-0.25, -0.2) is 17.6 Å². The Morgan fingerprint density at radius 1 is 1.62 bits per heavy atom. The standard InChI is InChI=1S/C9H15N3O3S/c1-3-16(14,15)7-6-12-5-4-11(2)9(12)8-10-13/h4-5,8H,3,6-7H2,1-2H3/p+1. The molecule has 0 atom stereocenters. The second-order valence-electron chi connectivity index (χ2n) is 3.44. The molecule has 0 aromatic carbocycles. The number of oxime groups is 1. The van der Waals surface area contributed by atoms with Gasteiger partial charge in [0.05, 0.1) is 12.8 Å². The molecule has 0 saturated heterocycles. The SMILES string of the molecule is CCS(=O)(=O)CCn1cc[n+](C)c1/C=N/O. The molecule has 1 rings (SSSR count). The van der Waals surface area contributed by atoms with Crippen molar-refractivity contribution in [2.24, 2.45) is 12.2 Å². The van der Waals surface area contributed by atoms with Gasteiger partial charge in [0.1, 0.15) is 18.9 Å². The topological polar surface area (TPSA) is 75.5 Å². The van der Waals surface area contributed by atoms with Gasteiger partial charge in [-0.05, 0) is 0 Å². The third-order valence-corrected chi connectivity index (χ3v) is 4.07. The molecule has 1 N–H and O–H groups in total. The maximum atomic E-state index is 11.3. The Labute approximate surface area is 94.7 Å². The molecule has 0 aliphatic heterocycles. The van der Waals surface area contributed by atoms with Gasteiger partial charge < -0.3 is 5.21 Å². The maximum Gasteiger partial charge on any atom is 0.303 e. The largest absolute Gasteiger partial charge is 0.411 e. The molecule has 0 spiro atoms. The van der Waals surface area contributed by atoms with Gasteiger partial charge in [-0.2, -0.15) is 0 Å². The van der Waals surface area contributed by atoms with Crippen molar-refractivity contribution in [3.63, 3.8) is 0 Å². The molecule has 6 nitrogen and oxygen atoms in total. The van der Waals surface area contributed by atoms with Gasteiger partial charge in [-0.1, -0.05) is 12.1 Å². The third kappa shape index (κ3) is 3.06. The van der Waals surface area contributed by atoms with Crippen LogP contribution < -0.4 is 4.57 Å². The maximum absolute atomic E-state index is 11.3. The average molecular weight is 246 g/mol. The van der Waals surface area contributed by atoms with Gasteiger partial charge in [0.2, 0.25) is 0 Å². The van der Waals surface area contributed by atoms with E-state index in [4.69, 9.17) is 5.21 Å². The van der Waals surface area contributed by atoms with Crippen LogP contribution in [0.2, 0.25) is 0 Å². The molecule has 16 heavy (non-hydrogen) atoms. The molecular weight excluding hydrogens is 230 g/mol. The number of rotatable bonds is 5. The van der Waals surface area contributed by atoms with Crippen molar-refractivity contribution in [1.82, 2.24) is 4.57 Å². The van der Waals surface area contributed by atoms with Crippen molar-refractivity contribution in [2.45, 2.75) is 13.5 Å². The lowest BCUT2D eigenvalue weighted by Crippen LogP contribution is -2.32. The Morgan fingerprint density at radius 3 is 2.88 bits per heavy atom. The first kappa shape index (κ1) is 12.7. The molecule has 1 aromatic heterocycles. The van der Waals surface area contributed by atoms with Crippen molar-refractivity contribution in [3.05, 3.63) is 18.2 Å². The molecule has 90 valence electrons. The van der Waals surface area contributed by atoms with E-state index in [-0.39, 0.29) is 11.5 Å². The van der Waals surface area contributed by atoms with E-state index in [1.165, 1.54) is 6.21 Å². The van der Waals surface area contributed by atoms with Crippen LogP contribution in [0.1, 0.15) is 12.7 Å². The number of aromatic nitrogens is 2. The smallest absolute Gasteiger partial charge is 0.303 e. The van der Waals surface area contributed by atoms with Gasteiger partial charge in [0.25, 0.3) is 0 Å². The van der Waals surface area contributed by atoms with Crippen LogP contribution in [0.5, 0.6) is 0 Å². The van der Waals surface area contributed by atoms with Crippen molar-refractivity contribution < 1.29 is 18.2 Å². The number of nitrogens with zero attached hydrogens (tertiary/aromatic N) is 3. The minimum atomic E-state index is -2.98. The van der Waals surface area contributed by atoms with Crippen molar-refractivity contribution in [3.8, 4) is 0 Å². The van der Waals surface area contributed by atoms with Crippen molar-refractivity contribution in [1.29, 1.82) is 0 Å². The fourth-order valence-corrected chi connectivity index (χ4v) is 2.09. The number of sulfone groups is 1. The van der Waals surface area contributed by atoms with Crippen molar-refractivity contribution in [2.75, 3.05) is 11.5 Å². The normalized spacial score (nSPS) is 12.4. The zero-order chi connectivity index (χ0) is 12.2. The van der Waals surface area contributed by atoms with E-state index < -0.39 is 9.84 Å². The summed E-state index contributed by atoms with van der Waals surface area (Å²) in [6.45, 7) is 1.99. The summed E-state index contributed by atoms with van der Waals surface area (Å²) in [5.74, 6) is 0.877. The highest BCUT2D eigenvalue weighted by atomic mass is 32.2. The number of hydrogen-bond donors (Lipinski definition) is 1. The van der Waals surface area contributed by atoms with E-state index in [1.807, 2.05) is 0 Å². The summed E-state index contributed by atoms with van der Waals surface area (Å²) in [5, 5.41) is 11.4. The average Bonchev–Trinajstić information content (AvgIpc) is 2.59. The summed E-state index contributed by atoms with van der Waals surface area (Å²) < 4.78 is 26.2. The quantitative estimate of drug-likeness (QED) is 0.331. The van der Waals surface area contributed by atoms with Crippen LogP contribution in [0, 0.1) is 0 Å². The van der Waals surface area contributed by atoms with Crippen LogP contribution in [0.4, 0.5) is 0 Å².